The van der Waals surface area contributed by atoms with Gasteiger partial charge in [0.2, 0.25) is 0 Å². The Hall–Kier alpha value is -1.41. The Bertz CT molecular complexity index is 550. The molecule has 0 aliphatic carbocycles. The lowest BCUT2D eigenvalue weighted by Crippen LogP contribution is -2.37. The summed E-state index contributed by atoms with van der Waals surface area (Å²) in [7, 11) is 0. The molecule has 3 rings (SSSR count). The number of benzene rings is 1. The second-order valence-corrected chi connectivity index (χ2v) is 5.62. The molecule has 0 saturated carbocycles. The number of para-hydroxylation sites is 1. The van der Waals surface area contributed by atoms with E-state index in [2.05, 4.69) is 48.6 Å². The van der Waals surface area contributed by atoms with Gasteiger partial charge in [-0.15, -0.1) is 0 Å². The number of nitrogens with zero attached hydrogens (tertiary/aromatic N) is 1. The van der Waals surface area contributed by atoms with Gasteiger partial charge in [0.05, 0.1) is 5.52 Å². The highest BCUT2D eigenvalue weighted by molar-refractivity contribution is 5.78. The zero-order chi connectivity index (χ0) is 13.1. The second kappa shape index (κ2) is 5.70. The Kier molecular flexibility index (Phi) is 3.79. The van der Waals surface area contributed by atoms with Gasteiger partial charge in [0, 0.05) is 11.1 Å². The minimum absolute atomic E-state index is 0.792. The van der Waals surface area contributed by atoms with Crippen LogP contribution < -0.4 is 5.32 Å². The van der Waals surface area contributed by atoms with E-state index >= 15 is 0 Å². The SMILES string of the molecule is CCC1CNCCC1Cc1ccc2ccccc2n1. The van der Waals surface area contributed by atoms with E-state index in [0.29, 0.717) is 0 Å². The maximum absolute atomic E-state index is 4.82. The van der Waals surface area contributed by atoms with Crippen LogP contribution in [-0.4, -0.2) is 18.1 Å². The maximum atomic E-state index is 4.82. The van der Waals surface area contributed by atoms with Crippen LogP contribution in [0.2, 0.25) is 0 Å². The quantitative estimate of drug-likeness (QED) is 0.908. The molecule has 1 aliphatic rings. The summed E-state index contributed by atoms with van der Waals surface area (Å²) in [6, 6.07) is 12.8. The Morgan fingerprint density at radius 1 is 1.16 bits per heavy atom. The molecule has 2 aromatic rings. The number of pyridine rings is 1. The van der Waals surface area contributed by atoms with Gasteiger partial charge in [-0.05, 0) is 49.9 Å². The lowest BCUT2D eigenvalue weighted by molar-refractivity contribution is 0.245. The summed E-state index contributed by atoms with van der Waals surface area (Å²) in [5.74, 6) is 1.60. The summed E-state index contributed by atoms with van der Waals surface area (Å²) in [6.07, 6.45) is 3.68. The topological polar surface area (TPSA) is 24.9 Å². The van der Waals surface area contributed by atoms with Gasteiger partial charge in [0.25, 0.3) is 0 Å². The Morgan fingerprint density at radius 3 is 2.95 bits per heavy atom. The van der Waals surface area contributed by atoms with Crippen LogP contribution in [0.15, 0.2) is 36.4 Å². The molecule has 0 radical (unpaired) electrons. The molecule has 1 aromatic heterocycles. The highest BCUT2D eigenvalue weighted by Crippen LogP contribution is 2.26. The number of aromatic nitrogens is 1. The first kappa shape index (κ1) is 12.6. The first-order valence-corrected chi connectivity index (χ1v) is 7.42. The van der Waals surface area contributed by atoms with Crippen molar-refractivity contribution in [2.75, 3.05) is 13.1 Å². The molecular weight excluding hydrogens is 232 g/mol. The van der Waals surface area contributed by atoms with E-state index < -0.39 is 0 Å². The van der Waals surface area contributed by atoms with Crippen molar-refractivity contribution in [3.05, 3.63) is 42.1 Å². The molecule has 19 heavy (non-hydrogen) atoms. The van der Waals surface area contributed by atoms with Crippen molar-refractivity contribution in [2.45, 2.75) is 26.2 Å². The predicted octanol–water partition coefficient (Wildman–Crippen LogP) is 3.41. The molecule has 2 heteroatoms. The van der Waals surface area contributed by atoms with Crippen molar-refractivity contribution < 1.29 is 0 Å². The number of hydrogen-bond acceptors (Lipinski definition) is 2. The summed E-state index contributed by atoms with van der Waals surface area (Å²) >= 11 is 0. The Balaban J connectivity index is 1.80. The second-order valence-electron chi connectivity index (χ2n) is 5.62. The average Bonchev–Trinajstić information content (AvgIpc) is 2.48. The molecule has 1 aromatic carbocycles. The highest BCUT2D eigenvalue weighted by Gasteiger charge is 2.23. The van der Waals surface area contributed by atoms with E-state index in [1.54, 1.807) is 0 Å². The molecule has 0 spiro atoms. The highest BCUT2D eigenvalue weighted by atomic mass is 14.9. The maximum Gasteiger partial charge on any atom is 0.0705 e. The van der Waals surface area contributed by atoms with Crippen LogP contribution >= 0.6 is 0 Å². The molecule has 1 saturated heterocycles. The van der Waals surface area contributed by atoms with Crippen molar-refractivity contribution in [3.8, 4) is 0 Å². The summed E-state index contributed by atoms with van der Waals surface area (Å²) < 4.78 is 0. The van der Waals surface area contributed by atoms with Gasteiger partial charge < -0.3 is 5.32 Å². The van der Waals surface area contributed by atoms with Crippen LogP contribution in [0.1, 0.15) is 25.5 Å². The molecular formula is C17H22N2. The van der Waals surface area contributed by atoms with Crippen molar-refractivity contribution >= 4 is 10.9 Å². The Morgan fingerprint density at radius 2 is 2.05 bits per heavy atom. The van der Waals surface area contributed by atoms with E-state index in [1.807, 2.05) is 0 Å². The predicted molar refractivity (Wildman–Crippen MR) is 80.2 cm³/mol. The summed E-state index contributed by atoms with van der Waals surface area (Å²) in [5.41, 5.74) is 2.38. The molecule has 2 unspecified atom stereocenters. The summed E-state index contributed by atoms with van der Waals surface area (Å²) in [6.45, 7) is 4.64. The first-order chi connectivity index (χ1) is 9.36. The molecule has 2 atom stereocenters. The van der Waals surface area contributed by atoms with Crippen LogP contribution in [0.4, 0.5) is 0 Å². The van der Waals surface area contributed by atoms with Gasteiger partial charge in [-0.1, -0.05) is 37.6 Å². The van der Waals surface area contributed by atoms with Crippen molar-refractivity contribution in [3.63, 3.8) is 0 Å². The number of rotatable bonds is 3. The summed E-state index contributed by atoms with van der Waals surface area (Å²) in [4.78, 5) is 4.82. The molecule has 1 N–H and O–H groups in total. The molecule has 2 nitrogen and oxygen atoms in total. The smallest absolute Gasteiger partial charge is 0.0705 e. The van der Waals surface area contributed by atoms with Gasteiger partial charge in [-0.3, -0.25) is 4.98 Å². The fraction of sp³-hybridized carbons (Fsp3) is 0.471. The first-order valence-electron chi connectivity index (χ1n) is 7.42. The number of fused-ring (bicyclic) bond motifs is 1. The fourth-order valence-corrected chi connectivity index (χ4v) is 3.21. The third kappa shape index (κ3) is 2.79. The third-order valence-electron chi connectivity index (χ3n) is 4.42. The largest absolute Gasteiger partial charge is 0.316 e. The normalized spacial score (nSPS) is 23.6. The van der Waals surface area contributed by atoms with Crippen molar-refractivity contribution in [1.29, 1.82) is 0 Å². The van der Waals surface area contributed by atoms with Crippen LogP contribution in [-0.2, 0) is 6.42 Å². The number of piperidine rings is 1. The van der Waals surface area contributed by atoms with Crippen LogP contribution in [0, 0.1) is 11.8 Å². The van der Waals surface area contributed by atoms with Gasteiger partial charge in [0.15, 0.2) is 0 Å². The zero-order valence-corrected chi connectivity index (χ0v) is 11.6. The van der Waals surface area contributed by atoms with E-state index in [9.17, 15) is 0 Å². The minimum Gasteiger partial charge on any atom is -0.316 e. The third-order valence-corrected chi connectivity index (χ3v) is 4.42. The molecule has 0 amide bonds. The van der Waals surface area contributed by atoms with Crippen LogP contribution in [0.25, 0.3) is 10.9 Å². The van der Waals surface area contributed by atoms with Gasteiger partial charge in [-0.25, -0.2) is 0 Å². The van der Waals surface area contributed by atoms with Crippen molar-refractivity contribution in [1.82, 2.24) is 10.3 Å². The molecule has 0 bridgehead atoms. The zero-order valence-electron chi connectivity index (χ0n) is 11.6. The van der Waals surface area contributed by atoms with Crippen molar-refractivity contribution in [2.24, 2.45) is 11.8 Å². The van der Waals surface area contributed by atoms with E-state index in [1.165, 1.54) is 30.5 Å². The summed E-state index contributed by atoms with van der Waals surface area (Å²) in [5, 5.41) is 4.75. The molecule has 100 valence electrons. The average molecular weight is 254 g/mol. The van der Waals surface area contributed by atoms with Gasteiger partial charge in [0.1, 0.15) is 0 Å². The number of nitrogens with one attached hydrogen (secondary N) is 1. The van der Waals surface area contributed by atoms with E-state index in [0.717, 1.165) is 30.3 Å². The molecule has 1 aliphatic heterocycles. The van der Waals surface area contributed by atoms with E-state index in [4.69, 9.17) is 4.98 Å². The molecule has 2 heterocycles. The van der Waals surface area contributed by atoms with Crippen LogP contribution in [0.3, 0.4) is 0 Å². The lowest BCUT2D eigenvalue weighted by Gasteiger charge is -2.31. The monoisotopic (exact) mass is 254 g/mol. The standard InChI is InChI=1S/C17H22N2/c1-2-13-12-18-10-9-15(13)11-16-8-7-14-5-3-4-6-17(14)19-16/h3-8,13,15,18H,2,9-12H2,1H3. The van der Waals surface area contributed by atoms with E-state index in [-0.39, 0.29) is 0 Å². The molecule has 1 fully saturated rings. The fourth-order valence-electron chi connectivity index (χ4n) is 3.21. The van der Waals surface area contributed by atoms with Gasteiger partial charge >= 0.3 is 0 Å². The minimum atomic E-state index is 0.792. The van der Waals surface area contributed by atoms with Gasteiger partial charge in [-0.2, -0.15) is 0 Å². The lowest BCUT2D eigenvalue weighted by atomic mass is 9.81. The van der Waals surface area contributed by atoms with Crippen LogP contribution in [0.5, 0.6) is 0 Å². The Labute approximate surface area is 115 Å². The number of hydrogen-bond donors (Lipinski definition) is 1.